The first-order chi connectivity index (χ1) is 8.47. The van der Waals surface area contributed by atoms with Gasteiger partial charge >= 0.3 is 0 Å². The molecule has 2 N–H and O–H groups in total. The number of hydrogen-bond donors (Lipinski definition) is 2. The molecule has 0 saturated carbocycles. The van der Waals surface area contributed by atoms with Gasteiger partial charge in [-0.15, -0.1) is 0 Å². The van der Waals surface area contributed by atoms with E-state index in [2.05, 4.69) is 26.6 Å². The van der Waals surface area contributed by atoms with Gasteiger partial charge in [-0.3, -0.25) is 9.59 Å². The number of carbonyl (C=O) groups is 2. The van der Waals surface area contributed by atoms with Crippen LogP contribution in [0.4, 0.5) is 5.69 Å². The highest BCUT2D eigenvalue weighted by molar-refractivity contribution is 9.10. The molecule has 0 aromatic heterocycles. The average molecular weight is 352 g/mol. The highest BCUT2D eigenvalue weighted by Gasteiger charge is 2.28. The maximum absolute atomic E-state index is 11.9. The maximum atomic E-state index is 11.9. The zero-order chi connectivity index (χ0) is 13.3. The Labute approximate surface area is 122 Å². The van der Waals surface area contributed by atoms with Crippen molar-refractivity contribution in [1.82, 2.24) is 5.32 Å². The third-order valence-corrected chi connectivity index (χ3v) is 3.66. The minimum atomic E-state index is -0.381. The van der Waals surface area contributed by atoms with Crippen LogP contribution in [0.1, 0.15) is 6.42 Å². The molecule has 4 nitrogen and oxygen atoms in total. The number of hydrogen-bond acceptors (Lipinski definition) is 2. The second-order valence-corrected chi connectivity index (χ2v) is 5.67. The average Bonchev–Trinajstić information content (AvgIpc) is 2.70. The fraction of sp³-hybridized carbons (Fsp3) is 0.273. The van der Waals surface area contributed by atoms with E-state index in [0.29, 0.717) is 22.3 Å². The molecule has 1 aliphatic rings. The fourth-order valence-corrected chi connectivity index (χ4v) is 2.98. The lowest BCUT2D eigenvalue weighted by Crippen LogP contribution is -2.25. The van der Waals surface area contributed by atoms with Gasteiger partial charge in [-0.1, -0.05) is 39.1 Å². The summed E-state index contributed by atoms with van der Waals surface area (Å²) in [6.45, 7) is 0.344. The van der Waals surface area contributed by atoms with Crippen LogP contribution in [0, 0.1) is 5.92 Å². The molecule has 1 atom stereocenters. The molecule has 96 valence electrons. The molecule has 1 heterocycles. The molecular formula is C11H9BrCl2N2O2. The largest absolute Gasteiger partial charge is 0.355 e. The van der Waals surface area contributed by atoms with Crippen molar-refractivity contribution in [3.63, 3.8) is 0 Å². The van der Waals surface area contributed by atoms with Crippen LogP contribution in [-0.4, -0.2) is 18.4 Å². The van der Waals surface area contributed by atoms with E-state index in [1.54, 1.807) is 12.1 Å². The van der Waals surface area contributed by atoms with E-state index < -0.39 is 0 Å². The number of carbonyl (C=O) groups excluding carboxylic acids is 2. The van der Waals surface area contributed by atoms with E-state index in [9.17, 15) is 9.59 Å². The number of amides is 2. The topological polar surface area (TPSA) is 58.2 Å². The Morgan fingerprint density at radius 1 is 1.39 bits per heavy atom. The zero-order valence-electron chi connectivity index (χ0n) is 9.10. The Morgan fingerprint density at radius 3 is 2.50 bits per heavy atom. The summed E-state index contributed by atoms with van der Waals surface area (Å²) >= 11 is 15.3. The molecule has 0 spiro atoms. The molecule has 1 aromatic carbocycles. The summed E-state index contributed by atoms with van der Waals surface area (Å²) < 4.78 is 0.730. The van der Waals surface area contributed by atoms with E-state index in [0.717, 1.165) is 4.47 Å². The number of anilines is 1. The first kappa shape index (κ1) is 13.6. The van der Waals surface area contributed by atoms with Crippen molar-refractivity contribution in [3.8, 4) is 0 Å². The lowest BCUT2D eigenvalue weighted by Gasteiger charge is -2.12. The third kappa shape index (κ3) is 2.96. The van der Waals surface area contributed by atoms with E-state index in [-0.39, 0.29) is 24.2 Å². The number of nitrogens with one attached hydrogen (secondary N) is 2. The highest BCUT2D eigenvalue weighted by Crippen LogP contribution is 2.34. The Balaban J connectivity index is 2.14. The molecule has 1 aromatic rings. The molecule has 0 bridgehead atoms. The molecule has 7 heteroatoms. The number of halogens is 3. The van der Waals surface area contributed by atoms with Gasteiger partial charge in [0, 0.05) is 17.4 Å². The molecule has 1 saturated heterocycles. The maximum Gasteiger partial charge on any atom is 0.229 e. The van der Waals surface area contributed by atoms with E-state index in [1.165, 1.54) is 0 Å². The number of rotatable bonds is 2. The second kappa shape index (κ2) is 5.47. The van der Waals surface area contributed by atoms with Crippen molar-refractivity contribution in [2.75, 3.05) is 11.9 Å². The fourth-order valence-electron chi connectivity index (χ4n) is 1.68. The van der Waals surface area contributed by atoms with Crippen LogP contribution >= 0.6 is 39.1 Å². The van der Waals surface area contributed by atoms with E-state index >= 15 is 0 Å². The summed E-state index contributed by atoms with van der Waals surface area (Å²) in [5, 5.41) is 5.95. The summed E-state index contributed by atoms with van der Waals surface area (Å²) in [6, 6.07) is 3.28. The lowest BCUT2D eigenvalue weighted by atomic mass is 10.1. The Kier molecular flexibility index (Phi) is 4.14. The van der Waals surface area contributed by atoms with Gasteiger partial charge in [-0.05, 0) is 12.1 Å². The van der Waals surface area contributed by atoms with Gasteiger partial charge < -0.3 is 10.6 Å². The van der Waals surface area contributed by atoms with Crippen LogP contribution in [0.25, 0.3) is 0 Å². The predicted molar refractivity (Wildman–Crippen MR) is 73.9 cm³/mol. The van der Waals surface area contributed by atoms with Crippen LogP contribution < -0.4 is 10.6 Å². The van der Waals surface area contributed by atoms with Crippen LogP contribution in [0.2, 0.25) is 10.0 Å². The van der Waals surface area contributed by atoms with E-state index in [1.807, 2.05) is 0 Å². The zero-order valence-corrected chi connectivity index (χ0v) is 12.2. The monoisotopic (exact) mass is 350 g/mol. The predicted octanol–water partition coefficient (Wildman–Crippen LogP) is 2.83. The summed E-state index contributed by atoms with van der Waals surface area (Å²) in [5.41, 5.74) is 0.367. The summed E-state index contributed by atoms with van der Waals surface area (Å²) in [4.78, 5) is 23.0. The molecule has 2 rings (SSSR count). The Bertz CT molecular complexity index is 499. The van der Waals surface area contributed by atoms with Gasteiger partial charge in [-0.25, -0.2) is 0 Å². The molecule has 1 fully saturated rings. The molecule has 1 unspecified atom stereocenters. The first-order valence-corrected chi connectivity index (χ1v) is 6.74. The van der Waals surface area contributed by atoms with Crippen molar-refractivity contribution in [3.05, 3.63) is 26.7 Å². The second-order valence-electron chi connectivity index (χ2n) is 3.94. The van der Waals surface area contributed by atoms with Gasteiger partial charge in [0.1, 0.15) is 0 Å². The normalized spacial score (nSPS) is 18.6. The molecular weight excluding hydrogens is 343 g/mol. The third-order valence-electron chi connectivity index (χ3n) is 2.60. The molecule has 1 aliphatic heterocycles. The van der Waals surface area contributed by atoms with Crippen molar-refractivity contribution >= 4 is 56.6 Å². The molecule has 18 heavy (non-hydrogen) atoms. The van der Waals surface area contributed by atoms with E-state index in [4.69, 9.17) is 23.2 Å². The molecule has 2 amide bonds. The lowest BCUT2D eigenvalue weighted by molar-refractivity contribution is -0.123. The smallest absolute Gasteiger partial charge is 0.229 e. The SMILES string of the molecule is O=C1CC(C(=O)Nc2c(Cl)cc(Br)cc2Cl)CN1. The summed E-state index contributed by atoms with van der Waals surface area (Å²) in [6.07, 6.45) is 0.192. The quantitative estimate of drug-likeness (QED) is 0.860. The van der Waals surface area contributed by atoms with Gasteiger partial charge in [-0.2, -0.15) is 0 Å². The molecule has 0 radical (unpaired) electrons. The van der Waals surface area contributed by atoms with Gasteiger partial charge in [0.15, 0.2) is 0 Å². The van der Waals surface area contributed by atoms with Crippen molar-refractivity contribution in [2.24, 2.45) is 5.92 Å². The van der Waals surface area contributed by atoms with Crippen LogP contribution in [0.5, 0.6) is 0 Å². The van der Waals surface area contributed by atoms with Crippen LogP contribution in [-0.2, 0) is 9.59 Å². The van der Waals surface area contributed by atoms with Crippen molar-refractivity contribution < 1.29 is 9.59 Å². The Morgan fingerprint density at radius 2 is 2.00 bits per heavy atom. The van der Waals surface area contributed by atoms with Crippen LogP contribution in [0.15, 0.2) is 16.6 Å². The standard InChI is InChI=1S/C11H9BrCl2N2O2/c12-6-2-7(13)10(8(14)3-6)16-11(18)5-1-9(17)15-4-5/h2-3,5H,1,4H2,(H,15,17)(H,16,18). The van der Waals surface area contributed by atoms with Crippen LogP contribution in [0.3, 0.4) is 0 Å². The van der Waals surface area contributed by atoms with Gasteiger partial charge in [0.05, 0.1) is 21.7 Å². The Hall–Kier alpha value is -0.780. The minimum Gasteiger partial charge on any atom is -0.355 e. The highest BCUT2D eigenvalue weighted by atomic mass is 79.9. The summed E-state index contributed by atoms with van der Waals surface area (Å²) in [7, 11) is 0. The minimum absolute atomic E-state index is 0.122. The van der Waals surface area contributed by atoms with Gasteiger partial charge in [0.25, 0.3) is 0 Å². The van der Waals surface area contributed by atoms with Gasteiger partial charge in [0.2, 0.25) is 11.8 Å². The summed E-state index contributed by atoms with van der Waals surface area (Å²) in [5.74, 6) is -0.768. The van der Waals surface area contributed by atoms with Crippen molar-refractivity contribution in [1.29, 1.82) is 0 Å². The number of benzene rings is 1. The van der Waals surface area contributed by atoms with Crippen molar-refractivity contribution in [2.45, 2.75) is 6.42 Å². The first-order valence-electron chi connectivity index (χ1n) is 5.19. The molecule has 0 aliphatic carbocycles.